The maximum atomic E-state index is 12.7. The summed E-state index contributed by atoms with van der Waals surface area (Å²) in [6.07, 6.45) is -9.00. The van der Waals surface area contributed by atoms with Crippen LogP contribution in [0.1, 0.15) is 13.3 Å². The van der Waals surface area contributed by atoms with Gasteiger partial charge in [-0.3, -0.25) is 5.84 Å². The molecule has 2 atom stereocenters. The summed E-state index contributed by atoms with van der Waals surface area (Å²) in [7, 11) is 1.38. The number of rotatable bonds is 2. The molecule has 1 aliphatic rings. The average Bonchev–Trinajstić information content (AvgIpc) is 2.24. The van der Waals surface area contributed by atoms with Crippen LogP contribution in [0, 0.1) is 5.92 Å². The molecule has 2 nitrogen and oxygen atoms in total. The summed E-state index contributed by atoms with van der Waals surface area (Å²) in [6.45, 7) is 1.44. The third-order valence-corrected chi connectivity index (χ3v) is 3.05. The zero-order valence-electron chi connectivity index (χ0n) is 10.3. The molecule has 8 heteroatoms. The van der Waals surface area contributed by atoms with Crippen molar-refractivity contribution in [1.29, 1.82) is 0 Å². The standard InChI is InChI=1S/C11H14F6N2/c1-6(19(2)18)7-3-8(10(12,13)14)5-9(4-7)11(15,16)17/h3-4,6,8H,5,18H2,1-2H3. The number of likely N-dealkylation sites (N-methyl/N-ethyl adjacent to an activating group) is 1. The SMILES string of the molecule is CC(C1=CC(C(F)(F)F)CC(C(F)(F)F)=C1)N(C)N. The third-order valence-electron chi connectivity index (χ3n) is 3.05. The Balaban J connectivity index is 3.16. The minimum Gasteiger partial charge on any atom is -0.268 e. The van der Waals surface area contributed by atoms with Gasteiger partial charge in [0.2, 0.25) is 0 Å². The summed E-state index contributed by atoms with van der Waals surface area (Å²) in [5.74, 6) is 3.24. The lowest BCUT2D eigenvalue weighted by atomic mass is 9.87. The van der Waals surface area contributed by atoms with Crippen LogP contribution >= 0.6 is 0 Å². The largest absolute Gasteiger partial charge is 0.412 e. The Labute approximate surface area is 106 Å². The molecule has 19 heavy (non-hydrogen) atoms. The number of allylic oxidation sites excluding steroid dienone is 2. The summed E-state index contributed by atoms with van der Waals surface area (Å²) in [5.41, 5.74) is -1.26. The predicted octanol–water partition coefficient (Wildman–Crippen LogP) is 3.18. The monoisotopic (exact) mass is 288 g/mol. The van der Waals surface area contributed by atoms with Crippen LogP contribution in [0.4, 0.5) is 26.3 Å². The van der Waals surface area contributed by atoms with Gasteiger partial charge in [0.05, 0.1) is 5.92 Å². The maximum Gasteiger partial charge on any atom is 0.412 e. The van der Waals surface area contributed by atoms with Crippen molar-refractivity contribution >= 4 is 0 Å². The lowest BCUT2D eigenvalue weighted by molar-refractivity contribution is -0.166. The van der Waals surface area contributed by atoms with Crippen LogP contribution in [-0.4, -0.2) is 30.5 Å². The molecule has 0 bridgehead atoms. The fourth-order valence-corrected chi connectivity index (χ4v) is 1.74. The van der Waals surface area contributed by atoms with Crippen molar-refractivity contribution in [1.82, 2.24) is 5.01 Å². The molecule has 0 aliphatic heterocycles. The molecule has 0 saturated carbocycles. The molecule has 1 aliphatic carbocycles. The molecule has 0 aromatic heterocycles. The smallest absolute Gasteiger partial charge is 0.268 e. The van der Waals surface area contributed by atoms with Gasteiger partial charge in [0.25, 0.3) is 0 Å². The average molecular weight is 288 g/mol. The van der Waals surface area contributed by atoms with E-state index in [1.54, 1.807) is 0 Å². The number of halogens is 6. The van der Waals surface area contributed by atoms with Crippen LogP contribution < -0.4 is 5.84 Å². The van der Waals surface area contributed by atoms with Gasteiger partial charge in [0.1, 0.15) is 0 Å². The Hall–Kier alpha value is -1.02. The fraction of sp³-hybridized carbons (Fsp3) is 0.636. The highest BCUT2D eigenvalue weighted by Gasteiger charge is 2.45. The van der Waals surface area contributed by atoms with Crippen LogP contribution in [0.2, 0.25) is 0 Å². The molecular weight excluding hydrogens is 274 g/mol. The van der Waals surface area contributed by atoms with Gasteiger partial charge in [-0.1, -0.05) is 6.08 Å². The summed E-state index contributed by atoms with van der Waals surface area (Å²) in [5, 5.41) is 1.06. The quantitative estimate of drug-likeness (QED) is 0.480. The van der Waals surface area contributed by atoms with Gasteiger partial charge in [-0.25, -0.2) is 5.01 Å². The molecule has 0 radical (unpaired) electrons. The van der Waals surface area contributed by atoms with Crippen molar-refractivity contribution in [3.8, 4) is 0 Å². The van der Waals surface area contributed by atoms with Gasteiger partial charge < -0.3 is 0 Å². The lowest BCUT2D eigenvalue weighted by Crippen LogP contribution is -2.38. The minimum absolute atomic E-state index is 0.0779. The van der Waals surface area contributed by atoms with E-state index in [4.69, 9.17) is 5.84 Å². The maximum absolute atomic E-state index is 12.7. The predicted molar refractivity (Wildman–Crippen MR) is 57.8 cm³/mol. The van der Waals surface area contributed by atoms with Crippen LogP contribution in [0.3, 0.4) is 0 Å². The molecule has 2 N–H and O–H groups in total. The van der Waals surface area contributed by atoms with E-state index in [1.165, 1.54) is 14.0 Å². The number of hydrogen-bond acceptors (Lipinski definition) is 2. The molecule has 1 rings (SSSR count). The number of hydrazine groups is 1. The summed E-state index contributed by atoms with van der Waals surface area (Å²) < 4.78 is 75.9. The Bertz CT molecular complexity index is 391. The molecule has 0 aromatic carbocycles. The molecule has 0 aromatic rings. The van der Waals surface area contributed by atoms with E-state index in [1.807, 2.05) is 0 Å². The van der Waals surface area contributed by atoms with Crippen LogP contribution in [0.5, 0.6) is 0 Å². The molecule has 0 saturated heterocycles. The third kappa shape index (κ3) is 3.97. The van der Waals surface area contributed by atoms with Gasteiger partial charge in [-0.15, -0.1) is 0 Å². The Morgan fingerprint density at radius 2 is 1.79 bits per heavy atom. The second kappa shape index (κ2) is 5.16. The molecule has 0 spiro atoms. The molecular formula is C11H14F6N2. The van der Waals surface area contributed by atoms with Gasteiger partial charge in [0, 0.05) is 18.7 Å². The van der Waals surface area contributed by atoms with E-state index in [2.05, 4.69) is 0 Å². The van der Waals surface area contributed by atoms with Gasteiger partial charge in [0.15, 0.2) is 0 Å². The van der Waals surface area contributed by atoms with E-state index in [-0.39, 0.29) is 5.57 Å². The van der Waals surface area contributed by atoms with Gasteiger partial charge in [-0.2, -0.15) is 26.3 Å². The van der Waals surface area contributed by atoms with E-state index in [0.717, 1.165) is 17.2 Å². The molecule has 110 valence electrons. The van der Waals surface area contributed by atoms with Gasteiger partial charge in [-0.05, 0) is 25.0 Å². The molecule has 2 unspecified atom stereocenters. The lowest BCUT2D eigenvalue weighted by Gasteiger charge is -2.29. The first-order valence-corrected chi connectivity index (χ1v) is 5.46. The van der Waals surface area contributed by atoms with Crippen molar-refractivity contribution in [3.05, 3.63) is 23.3 Å². The van der Waals surface area contributed by atoms with Crippen LogP contribution in [0.15, 0.2) is 23.3 Å². The normalized spacial score (nSPS) is 23.2. The molecule has 0 amide bonds. The van der Waals surface area contributed by atoms with Crippen molar-refractivity contribution in [2.24, 2.45) is 11.8 Å². The minimum atomic E-state index is -4.77. The number of nitrogens with two attached hydrogens (primary N) is 1. The summed E-state index contributed by atoms with van der Waals surface area (Å²) >= 11 is 0. The Morgan fingerprint density at radius 1 is 1.26 bits per heavy atom. The Morgan fingerprint density at radius 3 is 2.16 bits per heavy atom. The summed E-state index contributed by atoms with van der Waals surface area (Å²) in [6, 6.07) is -0.734. The first kappa shape index (κ1) is 16.0. The van der Waals surface area contributed by atoms with E-state index >= 15 is 0 Å². The number of nitrogens with zero attached hydrogens (tertiary/aromatic N) is 1. The van der Waals surface area contributed by atoms with E-state index in [9.17, 15) is 26.3 Å². The van der Waals surface area contributed by atoms with Crippen molar-refractivity contribution in [3.63, 3.8) is 0 Å². The second-order valence-electron chi connectivity index (χ2n) is 4.53. The highest BCUT2D eigenvalue weighted by molar-refractivity contribution is 5.35. The number of alkyl halides is 6. The van der Waals surface area contributed by atoms with Crippen LogP contribution in [-0.2, 0) is 0 Å². The second-order valence-corrected chi connectivity index (χ2v) is 4.53. The van der Waals surface area contributed by atoms with E-state index < -0.39 is 36.3 Å². The zero-order chi connectivity index (χ0) is 15.0. The fourth-order valence-electron chi connectivity index (χ4n) is 1.74. The Kier molecular flexibility index (Phi) is 4.36. The first-order chi connectivity index (χ1) is 8.43. The highest BCUT2D eigenvalue weighted by Crippen LogP contribution is 2.42. The topological polar surface area (TPSA) is 29.3 Å². The van der Waals surface area contributed by atoms with Crippen molar-refractivity contribution in [2.45, 2.75) is 31.7 Å². The number of hydrogen-bond donors (Lipinski definition) is 1. The molecule has 0 heterocycles. The molecule has 0 fully saturated rings. The highest BCUT2D eigenvalue weighted by atomic mass is 19.4. The van der Waals surface area contributed by atoms with Crippen molar-refractivity contribution in [2.75, 3.05) is 7.05 Å². The van der Waals surface area contributed by atoms with E-state index in [0.29, 0.717) is 0 Å². The summed E-state index contributed by atoms with van der Waals surface area (Å²) in [4.78, 5) is 0. The van der Waals surface area contributed by atoms with Crippen LogP contribution in [0.25, 0.3) is 0 Å². The zero-order valence-corrected chi connectivity index (χ0v) is 10.3. The van der Waals surface area contributed by atoms with Crippen molar-refractivity contribution < 1.29 is 26.3 Å². The van der Waals surface area contributed by atoms with Gasteiger partial charge >= 0.3 is 12.4 Å². The first-order valence-electron chi connectivity index (χ1n) is 5.46.